The van der Waals surface area contributed by atoms with Crippen molar-refractivity contribution in [3.63, 3.8) is 0 Å². The molecule has 2 aromatic rings. The molecular formula is C14H15BrN2O. The molecule has 2 N–H and O–H groups in total. The molecule has 1 aromatic heterocycles. The third-order valence-electron chi connectivity index (χ3n) is 2.81. The van der Waals surface area contributed by atoms with E-state index in [1.54, 1.807) is 19.5 Å². The number of methoxy groups -OCH3 is 1. The Bertz CT molecular complexity index is 516. The summed E-state index contributed by atoms with van der Waals surface area (Å²) in [5.41, 5.74) is 8.47. The molecule has 0 bridgehead atoms. The molecular weight excluding hydrogens is 292 g/mol. The van der Waals surface area contributed by atoms with Gasteiger partial charge in [0.15, 0.2) is 0 Å². The van der Waals surface area contributed by atoms with Gasteiger partial charge in [-0.3, -0.25) is 4.98 Å². The predicted molar refractivity (Wildman–Crippen MR) is 75.6 cm³/mol. The van der Waals surface area contributed by atoms with E-state index in [2.05, 4.69) is 20.9 Å². The van der Waals surface area contributed by atoms with Gasteiger partial charge < -0.3 is 10.5 Å². The van der Waals surface area contributed by atoms with Gasteiger partial charge in [-0.2, -0.15) is 0 Å². The zero-order valence-corrected chi connectivity index (χ0v) is 11.7. The first-order valence-corrected chi connectivity index (χ1v) is 6.48. The summed E-state index contributed by atoms with van der Waals surface area (Å²) in [6.07, 6.45) is 4.33. The Labute approximate surface area is 115 Å². The van der Waals surface area contributed by atoms with E-state index in [1.807, 2.05) is 30.3 Å². The SMILES string of the molecule is COc1ccc(Br)c(C(N)Cc2ccncc2)c1. The highest BCUT2D eigenvalue weighted by atomic mass is 79.9. The van der Waals surface area contributed by atoms with Gasteiger partial charge in [-0.1, -0.05) is 15.9 Å². The van der Waals surface area contributed by atoms with Crippen molar-refractivity contribution in [3.05, 3.63) is 58.3 Å². The smallest absolute Gasteiger partial charge is 0.119 e. The molecule has 0 spiro atoms. The van der Waals surface area contributed by atoms with Gasteiger partial charge in [-0.15, -0.1) is 0 Å². The average Bonchev–Trinajstić information content (AvgIpc) is 2.40. The molecule has 18 heavy (non-hydrogen) atoms. The molecule has 3 nitrogen and oxygen atoms in total. The van der Waals surface area contributed by atoms with Crippen molar-refractivity contribution in [2.75, 3.05) is 7.11 Å². The van der Waals surface area contributed by atoms with Crippen LogP contribution in [0.25, 0.3) is 0 Å². The molecule has 1 heterocycles. The van der Waals surface area contributed by atoms with Gasteiger partial charge in [-0.25, -0.2) is 0 Å². The number of pyridine rings is 1. The Morgan fingerprint density at radius 2 is 2.00 bits per heavy atom. The monoisotopic (exact) mass is 306 g/mol. The second-order valence-corrected chi connectivity index (χ2v) is 4.91. The maximum atomic E-state index is 6.25. The van der Waals surface area contributed by atoms with Crippen LogP contribution >= 0.6 is 15.9 Å². The maximum Gasteiger partial charge on any atom is 0.119 e. The lowest BCUT2D eigenvalue weighted by Crippen LogP contribution is -2.14. The standard InChI is InChI=1S/C14H15BrN2O/c1-18-11-2-3-13(15)12(9-11)14(16)8-10-4-6-17-7-5-10/h2-7,9,14H,8,16H2,1H3. The number of halogens is 1. The summed E-state index contributed by atoms with van der Waals surface area (Å²) in [6.45, 7) is 0. The minimum absolute atomic E-state index is 0.0723. The lowest BCUT2D eigenvalue weighted by Gasteiger charge is -2.15. The van der Waals surface area contributed by atoms with E-state index in [0.29, 0.717) is 0 Å². The van der Waals surface area contributed by atoms with E-state index >= 15 is 0 Å². The van der Waals surface area contributed by atoms with Gasteiger partial charge in [0, 0.05) is 22.9 Å². The second-order valence-electron chi connectivity index (χ2n) is 4.05. The highest BCUT2D eigenvalue weighted by Crippen LogP contribution is 2.28. The largest absolute Gasteiger partial charge is 0.497 e. The number of nitrogens with two attached hydrogens (primary N) is 1. The third kappa shape index (κ3) is 3.09. The third-order valence-corrected chi connectivity index (χ3v) is 3.53. The summed E-state index contributed by atoms with van der Waals surface area (Å²) in [6, 6.07) is 9.72. The Balaban J connectivity index is 2.20. The zero-order chi connectivity index (χ0) is 13.0. The molecule has 1 atom stereocenters. The van der Waals surface area contributed by atoms with Crippen LogP contribution in [0.1, 0.15) is 17.2 Å². The Kier molecular flexibility index (Phi) is 4.33. The minimum atomic E-state index is -0.0723. The Morgan fingerprint density at radius 3 is 2.67 bits per heavy atom. The zero-order valence-electron chi connectivity index (χ0n) is 10.1. The van der Waals surface area contributed by atoms with Crippen molar-refractivity contribution in [3.8, 4) is 5.75 Å². The normalized spacial score (nSPS) is 12.2. The van der Waals surface area contributed by atoms with Crippen LogP contribution in [0.2, 0.25) is 0 Å². The number of nitrogens with zero attached hydrogens (tertiary/aromatic N) is 1. The fourth-order valence-corrected chi connectivity index (χ4v) is 2.36. The number of hydrogen-bond acceptors (Lipinski definition) is 3. The van der Waals surface area contributed by atoms with E-state index in [1.165, 1.54) is 5.56 Å². The molecule has 94 valence electrons. The van der Waals surface area contributed by atoms with Crippen LogP contribution in [0.5, 0.6) is 5.75 Å². The molecule has 0 amide bonds. The van der Waals surface area contributed by atoms with Crippen molar-refractivity contribution in [1.29, 1.82) is 0 Å². The van der Waals surface area contributed by atoms with E-state index in [0.717, 1.165) is 22.2 Å². The second kappa shape index (κ2) is 5.98. The number of rotatable bonds is 4. The molecule has 0 saturated carbocycles. The van der Waals surface area contributed by atoms with Crippen LogP contribution in [-0.2, 0) is 6.42 Å². The molecule has 0 saturated heterocycles. The van der Waals surface area contributed by atoms with E-state index in [4.69, 9.17) is 10.5 Å². The van der Waals surface area contributed by atoms with Crippen molar-refractivity contribution in [1.82, 2.24) is 4.98 Å². The molecule has 0 aliphatic rings. The molecule has 1 unspecified atom stereocenters. The lowest BCUT2D eigenvalue weighted by atomic mass is 10.0. The molecule has 1 aromatic carbocycles. The maximum absolute atomic E-state index is 6.25. The molecule has 0 aliphatic heterocycles. The van der Waals surface area contributed by atoms with Crippen molar-refractivity contribution >= 4 is 15.9 Å². The highest BCUT2D eigenvalue weighted by molar-refractivity contribution is 9.10. The first-order chi connectivity index (χ1) is 8.70. The Hall–Kier alpha value is -1.39. The summed E-state index contributed by atoms with van der Waals surface area (Å²) in [5.74, 6) is 0.818. The van der Waals surface area contributed by atoms with Crippen LogP contribution in [0.4, 0.5) is 0 Å². The number of ether oxygens (including phenoxy) is 1. The van der Waals surface area contributed by atoms with E-state index in [9.17, 15) is 0 Å². The number of aromatic nitrogens is 1. The summed E-state index contributed by atoms with van der Waals surface area (Å²) >= 11 is 3.53. The van der Waals surface area contributed by atoms with Gasteiger partial charge in [0.2, 0.25) is 0 Å². The average molecular weight is 307 g/mol. The number of benzene rings is 1. The quantitative estimate of drug-likeness (QED) is 0.944. The van der Waals surface area contributed by atoms with Crippen molar-refractivity contribution in [2.24, 2.45) is 5.73 Å². The highest BCUT2D eigenvalue weighted by Gasteiger charge is 2.11. The topological polar surface area (TPSA) is 48.1 Å². The number of hydrogen-bond donors (Lipinski definition) is 1. The molecule has 2 rings (SSSR count). The first-order valence-electron chi connectivity index (χ1n) is 5.68. The Morgan fingerprint density at radius 1 is 1.28 bits per heavy atom. The van der Waals surface area contributed by atoms with Crippen LogP contribution in [0.3, 0.4) is 0 Å². The van der Waals surface area contributed by atoms with E-state index in [-0.39, 0.29) is 6.04 Å². The van der Waals surface area contributed by atoms with E-state index < -0.39 is 0 Å². The molecule has 0 radical (unpaired) electrons. The van der Waals surface area contributed by atoms with Gasteiger partial charge in [0.1, 0.15) is 5.75 Å². The van der Waals surface area contributed by atoms with Crippen LogP contribution in [0.15, 0.2) is 47.2 Å². The summed E-state index contributed by atoms with van der Waals surface area (Å²) in [4.78, 5) is 4.00. The minimum Gasteiger partial charge on any atom is -0.497 e. The van der Waals surface area contributed by atoms with Gasteiger partial charge in [0.05, 0.1) is 7.11 Å². The predicted octanol–water partition coefficient (Wildman–Crippen LogP) is 3.10. The summed E-state index contributed by atoms with van der Waals surface area (Å²) in [5, 5.41) is 0. The van der Waals surface area contributed by atoms with Crippen LogP contribution in [0, 0.1) is 0 Å². The fraction of sp³-hybridized carbons (Fsp3) is 0.214. The van der Waals surface area contributed by atoms with Gasteiger partial charge >= 0.3 is 0 Å². The van der Waals surface area contributed by atoms with Crippen molar-refractivity contribution < 1.29 is 4.74 Å². The fourth-order valence-electron chi connectivity index (χ4n) is 1.82. The van der Waals surface area contributed by atoms with Crippen LogP contribution < -0.4 is 10.5 Å². The van der Waals surface area contributed by atoms with Gasteiger partial charge in [0.25, 0.3) is 0 Å². The molecule has 4 heteroatoms. The molecule has 0 fully saturated rings. The van der Waals surface area contributed by atoms with Gasteiger partial charge in [-0.05, 0) is 47.9 Å². The lowest BCUT2D eigenvalue weighted by molar-refractivity contribution is 0.413. The summed E-state index contributed by atoms with van der Waals surface area (Å²) in [7, 11) is 1.65. The summed E-state index contributed by atoms with van der Waals surface area (Å²) < 4.78 is 6.23. The van der Waals surface area contributed by atoms with Crippen molar-refractivity contribution in [2.45, 2.75) is 12.5 Å². The molecule has 0 aliphatic carbocycles. The first kappa shape index (κ1) is 13.1. The van der Waals surface area contributed by atoms with Crippen LogP contribution in [-0.4, -0.2) is 12.1 Å².